The first kappa shape index (κ1) is 13.0. The highest BCUT2D eigenvalue weighted by Crippen LogP contribution is 2.16. The number of thioether (sulfide) groups is 1. The maximum Gasteiger partial charge on any atom is 0.352 e. The van der Waals surface area contributed by atoms with Crippen LogP contribution in [0.4, 0.5) is 0 Å². The number of rotatable bonds is 4. The van der Waals surface area contributed by atoms with Crippen LogP contribution >= 0.6 is 11.8 Å². The molecule has 6 heteroatoms. The van der Waals surface area contributed by atoms with Gasteiger partial charge in [0.15, 0.2) is 0 Å². The number of amides is 1. The van der Waals surface area contributed by atoms with E-state index in [2.05, 4.69) is 5.32 Å². The molecule has 2 rings (SSSR count). The monoisotopic (exact) mass is 268 g/mol. The van der Waals surface area contributed by atoms with E-state index in [0.29, 0.717) is 0 Å². The molecule has 0 aliphatic carbocycles. The molecule has 0 spiro atoms. The van der Waals surface area contributed by atoms with Crippen molar-refractivity contribution in [3.63, 3.8) is 0 Å². The number of aromatic carboxylic acids is 1. The van der Waals surface area contributed by atoms with Gasteiger partial charge in [-0.15, -0.1) is 0 Å². The van der Waals surface area contributed by atoms with E-state index >= 15 is 0 Å². The molecule has 18 heavy (non-hydrogen) atoms. The fraction of sp³-hybridized carbons (Fsp3) is 0.500. The molecule has 2 heterocycles. The fourth-order valence-electron chi connectivity index (χ4n) is 2.03. The summed E-state index contributed by atoms with van der Waals surface area (Å²) in [5.74, 6) is 0.971. The standard InChI is InChI=1S/C12H16N2O3S/c15-11(13-9-3-2-6-18-8-9)7-14-5-1-4-10(14)12(16)17/h1,4-5,9H,2-3,6-8H2,(H,13,15)(H,16,17). The molecule has 0 radical (unpaired) electrons. The first-order valence-corrected chi connectivity index (χ1v) is 7.08. The number of carboxylic acid groups (broad SMARTS) is 1. The van der Waals surface area contributed by atoms with Crippen molar-refractivity contribution < 1.29 is 14.7 Å². The second-order valence-corrected chi connectivity index (χ2v) is 5.46. The van der Waals surface area contributed by atoms with E-state index in [0.717, 1.165) is 24.3 Å². The summed E-state index contributed by atoms with van der Waals surface area (Å²) < 4.78 is 1.45. The van der Waals surface area contributed by atoms with Crippen molar-refractivity contribution in [3.8, 4) is 0 Å². The Hall–Kier alpha value is -1.43. The van der Waals surface area contributed by atoms with Crippen LogP contribution in [-0.4, -0.2) is 39.1 Å². The van der Waals surface area contributed by atoms with Crippen LogP contribution in [0, 0.1) is 0 Å². The van der Waals surface area contributed by atoms with Crippen molar-refractivity contribution in [2.75, 3.05) is 11.5 Å². The normalized spacial score (nSPS) is 19.4. The van der Waals surface area contributed by atoms with Crippen LogP contribution in [-0.2, 0) is 11.3 Å². The Morgan fingerprint density at radius 1 is 1.56 bits per heavy atom. The van der Waals surface area contributed by atoms with Crippen LogP contribution in [0.15, 0.2) is 18.3 Å². The molecule has 1 aromatic rings. The highest BCUT2D eigenvalue weighted by molar-refractivity contribution is 7.99. The van der Waals surface area contributed by atoms with E-state index in [1.54, 1.807) is 12.3 Å². The van der Waals surface area contributed by atoms with Crippen molar-refractivity contribution in [3.05, 3.63) is 24.0 Å². The van der Waals surface area contributed by atoms with Crippen LogP contribution < -0.4 is 5.32 Å². The minimum absolute atomic E-state index is 0.0653. The zero-order valence-corrected chi connectivity index (χ0v) is 10.8. The fourth-order valence-corrected chi connectivity index (χ4v) is 3.10. The van der Waals surface area contributed by atoms with Crippen LogP contribution in [0.5, 0.6) is 0 Å². The van der Waals surface area contributed by atoms with Gasteiger partial charge in [-0.25, -0.2) is 4.79 Å². The number of hydrogen-bond donors (Lipinski definition) is 2. The Bertz CT molecular complexity index is 438. The summed E-state index contributed by atoms with van der Waals surface area (Å²) in [6, 6.07) is 3.35. The van der Waals surface area contributed by atoms with Gasteiger partial charge >= 0.3 is 5.97 Å². The average Bonchev–Trinajstić information content (AvgIpc) is 2.78. The molecule has 1 saturated heterocycles. The van der Waals surface area contributed by atoms with Crippen LogP contribution in [0.2, 0.25) is 0 Å². The molecule has 98 valence electrons. The number of carbonyl (C=O) groups excluding carboxylic acids is 1. The van der Waals surface area contributed by atoms with E-state index in [9.17, 15) is 9.59 Å². The number of nitrogens with zero attached hydrogens (tertiary/aromatic N) is 1. The summed E-state index contributed by atoms with van der Waals surface area (Å²) in [5.41, 5.74) is 0.142. The summed E-state index contributed by atoms with van der Waals surface area (Å²) in [5, 5.41) is 11.9. The summed E-state index contributed by atoms with van der Waals surface area (Å²) in [6.45, 7) is 0.0653. The molecule has 1 aliphatic rings. The topological polar surface area (TPSA) is 71.3 Å². The minimum Gasteiger partial charge on any atom is -0.477 e. The van der Waals surface area contributed by atoms with Crippen molar-refractivity contribution in [1.82, 2.24) is 9.88 Å². The van der Waals surface area contributed by atoms with Gasteiger partial charge in [-0.1, -0.05) is 0 Å². The minimum atomic E-state index is -1.01. The highest BCUT2D eigenvalue weighted by Gasteiger charge is 2.17. The van der Waals surface area contributed by atoms with Crippen LogP contribution in [0.1, 0.15) is 23.3 Å². The van der Waals surface area contributed by atoms with E-state index < -0.39 is 5.97 Å². The molecule has 1 unspecified atom stereocenters. The Balaban J connectivity index is 1.90. The van der Waals surface area contributed by atoms with Gasteiger partial charge in [-0.3, -0.25) is 4.79 Å². The van der Waals surface area contributed by atoms with Gasteiger partial charge in [0.1, 0.15) is 12.2 Å². The van der Waals surface area contributed by atoms with Gasteiger partial charge in [0.05, 0.1) is 0 Å². The first-order valence-electron chi connectivity index (χ1n) is 5.92. The van der Waals surface area contributed by atoms with Gasteiger partial charge in [0.25, 0.3) is 0 Å². The predicted molar refractivity (Wildman–Crippen MR) is 69.9 cm³/mol. The molecule has 1 fully saturated rings. The number of carboxylic acids is 1. The van der Waals surface area contributed by atoms with E-state index in [1.807, 2.05) is 11.8 Å². The smallest absolute Gasteiger partial charge is 0.352 e. The Morgan fingerprint density at radius 2 is 2.39 bits per heavy atom. The third-order valence-corrected chi connectivity index (χ3v) is 4.10. The third-order valence-electron chi connectivity index (χ3n) is 2.89. The molecule has 2 N–H and O–H groups in total. The van der Waals surface area contributed by atoms with E-state index in [-0.39, 0.29) is 24.2 Å². The molecule has 5 nitrogen and oxygen atoms in total. The lowest BCUT2D eigenvalue weighted by atomic mass is 10.2. The number of hydrogen-bond acceptors (Lipinski definition) is 3. The van der Waals surface area contributed by atoms with Crippen molar-refractivity contribution in [2.45, 2.75) is 25.4 Å². The summed E-state index contributed by atoms with van der Waals surface area (Å²) >= 11 is 1.85. The lowest BCUT2D eigenvalue weighted by Crippen LogP contribution is -2.40. The van der Waals surface area contributed by atoms with Crippen LogP contribution in [0.3, 0.4) is 0 Å². The molecule has 0 bridgehead atoms. The zero-order chi connectivity index (χ0) is 13.0. The second-order valence-electron chi connectivity index (χ2n) is 4.31. The quantitative estimate of drug-likeness (QED) is 0.860. The Labute approximate surface area is 110 Å². The van der Waals surface area contributed by atoms with Gasteiger partial charge < -0.3 is 15.0 Å². The molecular formula is C12H16N2O3S. The molecule has 0 aromatic carbocycles. The largest absolute Gasteiger partial charge is 0.477 e. The lowest BCUT2D eigenvalue weighted by molar-refractivity contribution is -0.122. The Kier molecular flexibility index (Phi) is 4.30. The SMILES string of the molecule is O=C(Cn1cccc1C(=O)O)NC1CCCSC1. The average molecular weight is 268 g/mol. The van der Waals surface area contributed by atoms with Gasteiger partial charge in [0, 0.05) is 18.0 Å². The van der Waals surface area contributed by atoms with Crippen molar-refractivity contribution in [2.24, 2.45) is 0 Å². The molecule has 0 saturated carbocycles. The molecule has 1 atom stereocenters. The molecule has 1 amide bonds. The lowest BCUT2D eigenvalue weighted by Gasteiger charge is -2.22. The summed E-state index contributed by atoms with van der Waals surface area (Å²) in [7, 11) is 0. The first-order chi connectivity index (χ1) is 8.66. The maximum atomic E-state index is 11.8. The summed E-state index contributed by atoms with van der Waals surface area (Å²) in [6.07, 6.45) is 3.74. The molecule has 1 aromatic heterocycles. The van der Waals surface area contributed by atoms with E-state index in [4.69, 9.17) is 5.11 Å². The van der Waals surface area contributed by atoms with Crippen molar-refractivity contribution >= 4 is 23.6 Å². The summed E-state index contributed by atoms with van der Waals surface area (Å²) in [4.78, 5) is 22.7. The van der Waals surface area contributed by atoms with Gasteiger partial charge in [-0.2, -0.15) is 11.8 Å². The van der Waals surface area contributed by atoms with Crippen LogP contribution in [0.25, 0.3) is 0 Å². The number of carbonyl (C=O) groups is 2. The Morgan fingerprint density at radius 3 is 3.06 bits per heavy atom. The van der Waals surface area contributed by atoms with Crippen molar-refractivity contribution in [1.29, 1.82) is 0 Å². The zero-order valence-electron chi connectivity index (χ0n) is 9.96. The number of aromatic nitrogens is 1. The van der Waals surface area contributed by atoms with Gasteiger partial charge in [-0.05, 0) is 30.7 Å². The van der Waals surface area contributed by atoms with Gasteiger partial charge in [0.2, 0.25) is 5.91 Å². The second kappa shape index (κ2) is 5.95. The maximum absolute atomic E-state index is 11.8. The molecular weight excluding hydrogens is 252 g/mol. The number of nitrogens with one attached hydrogen (secondary N) is 1. The van der Waals surface area contributed by atoms with E-state index in [1.165, 1.54) is 10.6 Å². The molecule has 1 aliphatic heterocycles. The predicted octanol–water partition coefficient (Wildman–Crippen LogP) is 1.20. The highest BCUT2D eigenvalue weighted by atomic mass is 32.2. The third kappa shape index (κ3) is 3.29.